The molecule has 2 radical (unpaired) electrons. The van der Waals surface area contributed by atoms with Gasteiger partial charge in [0.05, 0.1) is 0 Å². The average molecular weight is 611 g/mol. The van der Waals surface area contributed by atoms with Crippen LogP contribution in [0.3, 0.4) is 0 Å². The van der Waals surface area contributed by atoms with E-state index < -0.39 is 5.60 Å². The molecule has 37 heavy (non-hydrogen) atoms. The van der Waals surface area contributed by atoms with Crippen molar-refractivity contribution in [1.82, 2.24) is 4.90 Å². The van der Waals surface area contributed by atoms with Crippen LogP contribution in [0.1, 0.15) is 36.8 Å². The summed E-state index contributed by atoms with van der Waals surface area (Å²) in [5.41, 5.74) is 1.30. The second-order valence-electron chi connectivity index (χ2n) is 6.61. The Kier molecular flexibility index (Phi) is 37.0. The first kappa shape index (κ1) is 45.1. The molecule has 11 heteroatoms. The number of nitrogens with zero attached hydrogens (tertiary/aromatic N) is 1. The minimum Gasteiger partial charge on any atom is 0 e. The molecule has 1 N–H and O–H groups in total. The summed E-state index contributed by atoms with van der Waals surface area (Å²) in [6, 6.07) is 16.6. The molecule has 2 aromatic carbocycles. The fourth-order valence-corrected chi connectivity index (χ4v) is 5.12. The van der Waals surface area contributed by atoms with E-state index in [0.717, 1.165) is 30.5 Å². The van der Waals surface area contributed by atoms with Gasteiger partial charge >= 0.3 is 67.8 Å². The van der Waals surface area contributed by atoms with Crippen LogP contribution in [0, 0.1) is 39.9 Å². The van der Waals surface area contributed by atoms with Crippen LogP contribution in [0.25, 0.3) is 0 Å². The van der Waals surface area contributed by atoms with Crippen molar-refractivity contribution in [1.29, 1.82) is 0 Å². The zero-order chi connectivity index (χ0) is 27.7. The Balaban J connectivity index is -0.000000216. The predicted octanol–water partition coefficient (Wildman–Crippen LogP) is 4.03. The standard InChI is InChI=1S/C20H23NOS.6CO.2Co/c22-20(12-7-15-21-13-5-6-14-21)16-8-1-3-10-18(16)23-19-11-4-2-9-17(19)20;6*1-2;;/h1-4,8-11,22H,5-7,12-15H2;;;;;;;;. The van der Waals surface area contributed by atoms with Crippen LogP contribution < -0.4 is 0 Å². The number of benzene rings is 2. The molecular formula is C26H23Co2NO7S. The van der Waals surface area contributed by atoms with Crippen LogP contribution in [0.15, 0.2) is 58.3 Å². The molecule has 8 nitrogen and oxygen atoms in total. The average Bonchev–Trinajstić information content (AvgIpc) is 3.49. The van der Waals surface area contributed by atoms with E-state index in [1.165, 1.54) is 35.7 Å². The van der Waals surface area contributed by atoms with Crippen LogP contribution in [0.2, 0.25) is 0 Å². The van der Waals surface area contributed by atoms with Gasteiger partial charge in [-0.05, 0) is 57.5 Å². The van der Waals surface area contributed by atoms with Gasteiger partial charge in [0.2, 0.25) is 0 Å². The van der Waals surface area contributed by atoms with Gasteiger partial charge in [0, 0.05) is 54.5 Å². The van der Waals surface area contributed by atoms with Crippen LogP contribution in [0.5, 0.6) is 0 Å². The number of likely N-dealkylation sites (tertiary alicyclic amines) is 1. The van der Waals surface area contributed by atoms with Crippen molar-refractivity contribution in [2.24, 2.45) is 0 Å². The first-order valence-electron chi connectivity index (χ1n) is 9.81. The van der Waals surface area contributed by atoms with Gasteiger partial charge in [0.1, 0.15) is 5.60 Å². The second kappa shape index (κ2) is 30.4. The van der Waals surface area contributed by atoms with Crippen molar-refractivity contribution in [3.8, 4) is 0 Å². The van der Waals surface area contributed by atoms with E-state index in [4.69, 9.17) is 27.9 Å². The van der Waals surface area contributed by atoms with Gasteiger partial charge in [-0.15, -0.1) is 0 Å². The molecule has 0 aromatic heterocycles. The third-order valence-electron chi connectivity index (χ3n) is 5.10. The molecule has 0 aliphatic carbocycles. The van der Waals surface area contributed by atoms with Crippen LogP contribution in [-0.2, 0) is 67.1 Å². The number of rotatable bonds is 4. The molecule has 0 atom stereocenters. The monoisotopic (exact) mass is 611 g/mol. The van der Waals surface area contributed by atoms with Gasteiger partial charge in [-0.1, -0.05) is 48.2 Å². The van der Waals surface area contributed by atoms with Crippen molar-refractivity contribution in [2.75, 3.05) is 19.6 Å². The van der Waals surface area contributed by atoms with E-state index in [9.17, 15) is 5.11 Å². The Bertz CT molecular complexity index is 876. The number of hydrogen-bond acceptors (Lipinski definition) is 3. The summed E-state index contributed by atoms with van der Waals surface area (Å²) in [5, 5.41) is 11.6. The Morgan fingerprint density at radius 2 is 1.03 bits per heavy atom. The van der Waals surface area contributed by atoms with Crippen molar-refractivity contribution in [3.05, 3.63) is 99.6 Å². The van der Waals surface area contributed by atoms with Gasteiger partial charge in [0.15, 0.2) is 0 Å². The summed E-state index contributed by atoms with van der Waals surface area (Å²) in [6.45, 7) is 30.5. The third-order valence-corrected chi connectivity index (χ3v) is 6.25. The van der Waals surface area contributed by atoms with Gasteiger partial charge in [-0.2, -0.15) is 0 Å². The maximum absolute atomic E-state index is 11.6. The van der Waals surface area contributed by atoms with E-state index in [1.54, 1.807) is 11.8 Å². The summed E-state index contributed by atoms with van der Waals surface area (Å²) >= 11 is 1.77. The van der Waals surface area contributed by atoms with Gasteiger partial charge in [-0.25, -0.2) is 0 Å². The molecule has 4 rings (SSSR count). The molecule has 1 saturated heterocycles. The minimum absolute atomic E-state index is 0. The molecule has 0 bridgehead atoms. The zero-order valence-corrected chi connectivity index (χ0v) is 22.4. The van der Waals surface area contributed by atoms with Crippen molar-refractivity contribution < 1.29 is 66.6 Å². The largest absolute Gasteiger partial charge is 0 e. The fraction of sp³-hybridized carbons (Fsp3) is 0.308. The molecule has 1 fully saturated rings. The smallest absolute Gasteiger partial charge is 0 e. The summed E-state index contributed by atoms with van der Waals surface area (Å²) in [6.07, 6.45) is 4.47. The van der Waals surface area contributed by atoms with E-state index in [1.807, 2.05) is 12.1 Å². The van der Waals surface area contributed by atoms with Gasteiger partial charge < -0.3 is 10.0 Å². The molecule has 0 amide bonds. The number of fused-ring (bicyclic) bond motifs is 2. The predicted molar refractivity (Wildman–Crippen MR) is 118 cm³/mol. The zero-order valence-electron chi connectivity index (χ0n) is 19.5. The van der Waals surface area contributed by atoms with E-state index >= 15 is 0 Å². The Morgan fingerprint density at radius 3 is 1.41 bits per heavy atom. The topological polar surface area (TPSA) is 143 Å². The van der Waals surface area contributed by atoms with Gasteiger partial charge in [-0.3, -0.25) is 0 Å². The van der Waals surface area contributed by atoms with E-state index in [0.29, 0.717) is 0 Å². The quantitative estimate of drug-likeness (QED) is 0.412. The molecule has 198 valence electrons. The maximum atomic E-state index is 11.6. The van der Waals surface area contributed by atoms with Crippen LogP contribution in [0.4, 0.5) is 0 Å². The number of hydrogen-bond donors (Lipinski definition) is 1. The third kappa shape index (κ3) is 14.0. The molecule has 2 aliphatic rings. The normalized spacial score (nSPS) is 12.4. The summed E-state index contributed by atoms with van der Waals surface area (Å²) in [5.74, 6) is 0. The molecule has 2 aliphatic heterocycles. The van der Waals surface area contributed by atoms with Crippen molar-refractivity contribution >= 4 is 11.8 Å². The molecule has 0 unspecified atom stereocenters. The SMILES string of the molecule is OC1(CCCN2CCCC2)c2ccccc2Sc2ccccc21.[C-]#[O+].[C-]#[O+].[C-]#[O+].[C-]#[O+].[C-]#[O+].[C-]#[O+].[Co].[Co]. The first-order chi connectivity index (χ1) is 17.3. The Labute approximate surface area is 242 Å². The van der Waals surface area contributed by atoms with E-state index in [2.05, 4.69) is 81.2 Å². The van der Waals surface area contributed by atoms with Crippen molar-refractivity contribution in [3.63, 3.8) is 0 Å². The second-order valence-corrected chi connectivity index (χ2v) is 7.69. The summed E-state index contributed by atoms with van der Waals surface area (Å²) in [7, 11) is 0. The molecule has 0 spiro atoms. The Morgan fingerprint density at radius 1 is 0.676 bits per heavy atom. The van der Waals surface area contributed by atoms with Crippen LogP contribution >= 0.6 is 11.8 Å². The maximum Gasteiger partial charge on any atom is 0 e. The minimum atomic E-state index is -0.849. The number of aliphatic hydroxyl groups is 1. The van der Waals surface area contributed by atoms with Crippen molar-refractivity contribution in [2.45, 2.75) is 41.1 Å². The Hall–Kier alpha value is -1.84. The molecule has 0 saturated carbocycles. The summed E-state index contributed by atoms with van der Waals surface area (Å²) < 4.78 is 45.0. The van der Waals surface area contributed by atoms with Gasteiger partial charge in [0.25, 0.3) is 0 Å². The molecule has 2 aromatic rings. The summed E-state index contributed by atoms with van der Waals surface area (Å²) in [4.78, 5) is 4.91. The fourth-order valence-electron chi connectivity index (χ4n) is 3.89. The molecule has 2 heterocycles. The van der Waals surface area contributed by atoms with Crippen LogP contribution in [-0.4, -0.2) is 29.6 Å². The molecular weight excluding hydrogens is 588 g/mol. The van der Waals surface area contributed by atoms with E-state index in [-0.39, 0.29) is 33.6 Å². The first-order valence-corrected chi connectivity index (χ1v) is 10.6.